The molecule has 0 saturated heterocycles. The van der Waals surface area contributed by atoms with Crippen LogP contribution in [0.2, 0.25) is 0 Å². The van der Waals surface area contributed by atoms with E-state index in [1.165, 1.54) is 0 Å². The zero-order valence-electron chi connectivity index (χ0n) is 13.9. The fraction of sp³-hybridized carbons (Fsp3) is 0.412. The van der Waals surface area contributed by atoms with Gasteiger partial charge in [-0.3, -0.25) is 14.3 Å². The fourth-order valence-corrected chi connectivity index (χ4v) is 3.59. The third-order valence-electron chi connectivity index (χ3n) is 4.03. The van der Waals surface area contributed by atoms with Crippen molar-refractivity contribution in [1.29, 1.82) is 0 Å². The van der Waals surface area contributed by atoms with Crippen LogP contribution in [0.3, 0.4) is 0 Å². The van der Waals surface area contributed by atoms with Gasteiger partial charge in [-0.15, -0.1) is 11.6 Å². The van der Waals surface area contributed by atoms with Crippen LogP contribution in [-0.2, 0) is 4.74 Å². The minimum Gasteiger partial charge on any atom is -0.443 e. The maximum absolute atomic E-state index is 12.5. The van der Waals surface area contributed by atoms with Crippen molar-refractivity contribution < 1.29 is 14.3 Å². The minimum absolute atomic E-state index is 0.00773. The lowest BCUT2D eigenvalue weighted by atomic mass is 9.99. The second-order valence-electron chi connectivity index (χ2n) is 6.90. The molecule has 24 heavy (non-hydrogen) atoms. The summed E-state index contributed by atoms with van der Waals surface area (Å²) < 4.78 is 7.08. The van der Waals surface area contributed by atoms with Crippen LogP contribution >= 0.6 is 20.8 Å². The van der Waals surface area contributed by atoms with Crippen molar-refractivity contribution in [3.05, 3.63) is 30.0 Å². The van der Waals surface area contributed by atoms with Crippen LogP contribution in [-0.4, -0.2) is 34.3 Å². The highest BCUT2D eigenvalue weighted by Gasteiger charge is 2.36. The van der Waals surface area contributed by atoms with Gasteiger partial charge in [0.25, 0.3) is 0 Å². The number of alkyl halides is 1. The van der Waals surface area contributed by atoms with Crippen molar-refractivity contribution in [2.45, 2.75) is 32.3 Å². The molecule has 1 aliphatic rings. The largest absolute Gasteiger partial charge is 0.443 e. The lowest BCUT2D eigenvalue weighted by Gasteiger charge is -2.25. The first-order chi connectivity index (χ1) is 11.2. The molecular formula is C17H20ClN2O3P. The van der Waals surface area contributed by atoms with Crippen LogP contribution in [0.25, 0.3) is 10.9 Å². The summed E-state index contributed by atoms with van der Waals surface area (Å²) in [4.78, 5) is 25.9. The molecule has 0 radical (unpaired) electrons. The summed E-state index contributed by atoms with van der Waals surface area (Å²) >= 11 is 6.15. The van der Waals surface area contributed by atoms with E-state index in [9.17, 15) is 9.59 Å². The highest BCUT2D eigenvalue weighted by atomic mass is 35.5. The van der Waals surface area contributed by atoms with Crippen LogP contribution in [0.4, 0.5) is 15.3 Å². The number of carbonyl (C=O) groups excluding carboxylic acids is 2. The molecule has 0 bridgehead atoms. The van der Waals surface area contributed by atoms with Gasteiger partial charge >= 0.3 is 6.09 Å². The van der Waals surface area contributed by atoms with Gasteiger partial charge in [0.05, 0.1) is 11.2 Å². The van der Waals surface area contributed by atoms with E-state index in [1.54, 1.807) is 15.7 Å². The van der Waals surface area contributed by atoms with Gasteiger partial charge in [0.1, 0.15) is 5.60 Å². The van der Waals surface area contributed by atoms with Gasteiger partial charge in [-0.05, 0) is 53.8 Å². The second kappa shape index (κ2) is 6.05. The Hall–Kier alpha value is -1.58. The van der Waals surface area contributed by atoms with E-state index in [0.717, 1.165) is 22.2 Å². The number of ether oxygens (including phenoxy) is 1. The summed E-state index contributed by atoms with van der Waals surface area (Å²) in [6.45, 7) is 6.01. The van der Waals surface area contributed by atoms with Gasteiger partial charge in [0.2, 0.25) is 5.65 Å². The van der Waals surface area contributed by atoms with Crippen LogP contribution in [0.5, 0.6) is 0 Å². The average molecular weight is 367 g/mol. The van der Waals surface area contributed by atoms with Gasteiger partial charge < -0.3 is 4.74 Å². The smallest absolute Gasteiger partial charge is 0.414 e. The summed E-state index contributed by atoms with van der Waals surface area (Å²) in [5.74, 6) is 0.402. The topological polar surface area (TPSA) is 51.5 Å². The molecule has 1 aromatic carbocycles. The molecule has 0 saturated carbocycles. The Morgan fingerprint density at radius 1 is 1.33 bits per heavy atom. The Bertz CT molecular complexity index is 825. The van der Waals surface area contributed by atoms with E-state index in [2.05, 4.69) is 9.24 Å². The zero-order chi connectivity index (χ0) is 17.6. The molecule has 3 rings (SSSR count). The molecule has 2 heterocycles. The number of rotatable bonds is 1. The molecule has 1 amide bonds. The molecule has 1 aromatic heterocycles. The van der Waals surface area contributed by atoms with Crippen molar-refractivity contribution in [2.75, 3.05) is 17.3 Å². The first-order valence-electron chi connectivity index (χ1n) is 7.73. The Morgan fingerprint density at radius 3 is 2.62 bits per heavy atom. The summed E-state index contributed by atoms with van der Waals surface area (Å²) in [5.41, 5.74) is 1.93. The number of anilines is 1. The Morgan fingerprint density at radius 2 is 2.04 bits per heavy atom. The number of carbonyl (C=O) groups is 2. The molecule has 0 spiro atoms. The van der Waals surface area contributed by atoms with Crippen LogP contribution in [0.1, 0.15) is 32.3 Å². The van der Waals surface area contributed by atoms with Crippen LogP contribution in [0, 0.1) is 0 Å². The number of aromatic nitrogens is 1. The van der Waals surface area contributed by atoms with Crippen LogP contribution in [0.15, 0.2) is 24.4 Å². The fourth-order valence-electron chi connectivity index (χ4n) is 3.11. The quantitative estimate of drug-likeness (QED) is 0.549. The maximum atomic E-state index is 12.5. The van der Waals surface area contributed by atoms with E-state index in [-0.39, 0.29) is 17.7 Å². The van der Waals surface area contributed by atoms with Crippen molar-refractivity contribution in [3.63, 3.8) is 0 Å². The number of halogens is 1. The molecule has 0 fully saturated rings. The van der Waals surface area contributed by atoms with Crippen LogP contribution < -0.4 is 4.90 Å². The molecule has 1 aliphatic heterocycles. The van der Waals surface area contributed by atoms with E-state index in [0.29, 0.717) is 12.4 Å². The standard InChI is InChI=1S/C17H20ClN2O3P/c1-17(2,3)23-15(21)20-9-10(8-18)14-11-6-7-19(16(22)24)12(11)4-5-13(14)20/h4-7,10H,8-9,24H2,1-3H3. The predicted octanol–water partition coefficient (Wildman–Crippen LogP) is 4.56. The number of benzene rings is 1. The minimum atomic E-state index is -0.560. The lowest BCUT2D eigenvalue weighted by molar-refractivity contribution is 0.0582. The first-order valence-corrected chi connectivity index (χ1v) is 8.84. The zero-order valence-corrected chi connectivity index (χ0v) is 15.8. The SMILES string of the molecule is CC(C)(C)OC(=O)N1CC(CCl)c2c1ccc1c2ccn1C(=O)P. The lowest BCUT2D eigenvalue weighted by Crippen LogP contribution is -2.36. The molecular weight excluding hydrogens is 347 g/mol. The van der Waals surface area contributed by atoms with Crippen molar-refractivity contribution in [3.8, 4) is 0 Å². The molecule has 7 heteroatoms. The number of nitrogens with zero attached hydrogens (tertiary/aromatic N) is 2. The average Bonchev–Trinajstić information content (AvgIpc) is 3.06. The summed E-state index contributed by atoms with van der Waals surface area (Å²) in [6.07, 6.45) is 1.36. The first kappa shape index (κ1) is 17.2. The number of hydrogen-bond donors (Lipinski definition) is 0. The number of hydrogen-bond acceptors (Lipinski definition) is 3. The van der Waals surface area contributed by atoms with Crippen molar-refractivity contribution >= 4 is 49.2 Å². The number of fused-ring (bicyclic) bond motifs is 3. The maximum Gasteiger partial charge on any atom is 0.414 e. The monoisotopic (exact) mass is 366 g/mol. The molecule has 0 N–H and O–H groups in total. The summed E-state index contributed by atoms with van der Waals surface area (Å²) in [7, 11) is 2.17. The molecule has 2 unspecified atom stereocenters. The third kappa shape index (κ3) is 2.91. The molecule has 5 nitrogen and oxygen atoms in total. The molecule has 2 aromatic rings. The normalized spacial score (nSPS) is 17.2. The second-order valence-corrected chi connectivity index (χ2v) is 7.70. The van der Waals surface area contributed by atoms with Gasteiger partial charge in [0.15, 0.2) is 0 Å². The number of amides is 1. The molecule has 2 atom stereocenters. The van der Waals surface area contributed by atoms with Gasteiger partial charge in [-0.25, -0.2) is 4.79 Å². The van der Waals surface area contributed by atoms with Gasteiger partial charge in [0, 0.05) is 29.9 Å². The third-order valence-corrected chi connectivity index (χ3v) is 4.68. The van der Waals surface area contributed by atoms with E-state index in [1.807, 2.05) is 39.0 Å². The molecule has 128 valence electrons. The van der Waals surface area contributed by atoms with E-state index < -0.39 is 5.60 Å². The molecule has 0 aliphatic carbocycles. The van der Waals surface area contributed by atoms with Crippen molar-refractivity contribution in [1.82, 2.24) is 4.57 Å². The summed E-state index contributed by atoms with van der Waals surface area (Å²) in [5, 5.41) is 0.944. The predicted molar refractivity (Wildman–Crippen MR) is 99.5 cm³/mol. The van der Waals surface area contributed by atoms with E-state index in [4.69, 9.17) is 16.3 Å². The highest BCUT2D eigenvalue weighted by Crippen LogP contribution is 2.42. The van der Waals surface area contributed by atoms with Crippen molar-refractivity contribution in [2.24, 2.45) is 0 Å². The highest BCUT2D eigenvalue weighted by molar-refractivity contribution is 7.40. The van der Waals surface area contributed by atoms with Gasteiger partial charge in [-0.2, -0.15) is 0 Å². The van der Waals surface area contributed by atoms with Gasteiger partial charge in [-0.1, -0.05) is 0 Å². The summed E-state index contributed by atoms with van der Waals surface area (Å²) in [6, 6.07) is 5.61. The Kier molecular flexibility index (Phi) is 4.35. The van der Waals surface area contributed by atoms with E-state index >= 15 is 0 Å². The Labute approximate surface area is 148 Å². The Balaban J connectivity index is 2.09.